The first kappa shape index (κ1) is 27.7. The Labute approximate surface area is 248 Å². The first-order valence-electron chi connectivity index (χ1n) is 14.0. The molecule has 0 saturated carbocycles. The fraction of sp³-hybridized carbons (Fsp3) is 0.312. The van der Waals surface area contributed by atoms with Crippen LogP contribution in [0.15, 0.2) is 58.7 Å². The van der Waals surface area contributed by atoms with Gasteiger partial charge >= 0.3 is 0 Å². The maximum atomic E-state index is 14.0. The predicted octanol–water partition coefficient (Wildman–Crippen LogP) is 4.74. The standard InChI is InChI=1S/C32H34N6O3S/c1-20-10-11-26(21(2)16-20)38-22(3)17-25(34-38)30-23(4)33-32-37(31(30)40)24(19-42-32)18-29(39)36-14-12-35(13-15-36)27-8-6-7-9-28(27)41-5/h6-11,16-17,19H,12-15,18H2,1-5H3. The molecule has 42 heavy (non-hydrogen) atoms. The summed E-state index contributed by atoms with van der Waals surface area (Å²) in [5.74, 6) is 0.826. The molecule has 1 aliphatic rings. The van der Waals surface area contributed by atoms with Crippen LogP contribution in [-0.2, 0) is 11.2 Å². The van der Waals surface area contributed by atoms with Crippen LogP contribution >= 0.6 is 11.3 Å². The molecule has 0 unspecified atom stereocenters. The number of aryl methyl sites for hydroxylation is 4. The van der Waals surface area contributed by atoms with Gasteiger partial charge < -0.3 is 14.5 Å². The Bertz CT molecular complexity index is 1860. The highest BCUT2D eigenvalue weighted by atomic mass is 32.1. The van der Waals surface area contributed by atoms with Gasteiger partial charge in [0.05, 0.1) is 36.2 Å². The second kappa shape index (κ2) is 11.1. The minimum absolute atomic E-state index is 0.00151. The van der Waals surface area contributed by atoms with Gasteiger partial charge in [-0.25, -0.2) is 9.67 Å². The van der Waals surface area contributed by atoms with Gasteiger partial charge in [0, 0.05) is 42.9 Å². The predicted molar refractivity (Wildman–Crippen MR) is 166 cm³/mol. The van der Waals surface area contributed by atoms with E-state index in [-0.39, 0.29) is 17.9 Å². The van der Waals surface area contributed by atoms with E-state index in [1.54, 1.807) is 11.5 Å². The lowest BCUT2D eigenvalue weighted by Gasteiger charge is -2.36. The van der Waals surface area contributed by atoms with Gasteiger partial charge in [-0.2, -0.15) is 5.10 Å². The minimum Gasteiger partial charge on any atom is -0.495 e. The molecule has 1 aliphatic heterocycles. The van der Waals surface area contributed by atoms with Gasteiger partial charge in [0.2, 0.25) is 5.91 Å². The Kier molecular flexibility index (Phi) is 7.32. The molecule has 0 N–H and O–H groups in total. The molecule has 0 radical (unpaired) electrons. The van der Waals surface area contributed by atoms with Crippen molar-refractivity contribution in [3.05, 3.63) is 92.5 Å². The van der Waals surface area contributed by atoms with Crippen molar-refractivity contribution < 1.29 is 9.53 Å². The van der Waals surface area contributed by atoms with E-state index in [1.807, 2.05) is 65.2 Å². The number of carbonyl (C=O) groups excluding carboxylic acids is 1. The van der Waals surface area contributed by atoms with Crippen LogP contribution in [0.1, 0.15) is 28.2 Å². The number of fused-ring (bicyclic) bond motifs is 1. The Balaban J connectivity index is 1.25. The Morgan fingerprint density at radius 3 is 2.48 bits per heavy atom. The SMILES string of the molecule is COc1ccccc1N1CCN(C(=O)Cc2csc3nc(C)c(-c4cc(C)n(-c5ccc(C)cc5C)n4)c(=O)n23)CC1. The summed E-state index contributed by atoms with van der Waals surface area (Å²) in [6.45, 7) is 10.6. The van der Waals surface area contributed by atoms with Gasteiger partial charge in [-0.3, -0.25) is 14.0 Å². The van der Waals surface area contributed by atoms with Gasteiger partial charge in [-0.1, -0.05) is 29.8 Å². The zero-order valence-corrected chi connectivity index (χ0v) is 25.4. The first-order valence-corrected chi connectivity index (χ1v) is 14.9. The van der Waals surface area contributed by atoms with Gasteiger partial charge in [0.1, 0.15) is 11.4 Å². The van der Waals surface area contributed by atoms with Crippen molar-refractivity contribution in [1.29, 1.82) is 0 Å². The molecule has 216 valence electrons. The smallest absolute Gasteiger partial charge is 0.268 e. The lowest BCUT2D eigenvalue weighted by atomic mass is 10.1. The third-order valence-corrected chi connectivity index (χ3v) is 8.81. The van der Waals surface area contributed by atoms with Gasteiger partial charge in [0.25, 0.3) is 5.56 Å². The van der Waals surface area contributed by atoms with Gasteiger partial charge in [0.15, 0.2) is 4.96 Å². The highest BCUT2D eigenvalue weighted by Crippen LogP contribution is 2.29. The van der Waals surface area contributed by atoms with Crippen molar-refractivity contribution in [2.24, 2.45) is 0 Å². The molecule has 0 atom stereocenters. The molecule has 1 fully saturated rings. The number of benzene rings is 2. The average Bonchev–Trinajstić information content (AvgIpc) is 3.55. The normalized spacial score (nSPS) is 13.6. The molecule has 10 heteroatoms. The van der Waals surface area contributed by atoms with E-state index in [0.717, 1.165) is 28.4 Å². The number of ether oxygens (including phenoxy) is 1. The number of rotatable bonds is 6. The maximum Gasteiger partial charge on any atom is 0.268 e. The third-order valence-electron chi connectivity index (χ3n) is 7.94. The number of piperazine rings is 1. The number of para-hydroxylation sites is 2. The molecule has 5 aromatic rings. The van der Waals surface area contributed by atoms with E-state index < -0.39 is 0 Å². The highest BCUT2D eigenvalue weighted by Gasteiger charge is 2.25. The average molecular weight is 583 g/mol. The van der Waals surface area contributed by atoms with E-state index in [4.69, 9.17) is 14.8 Å². The summed E-state index contributed by atoms with van der Waals surface area (Å²) >= 11 is 1.38. The first-order chi connectivity index (χ1) is 20.2. The number of nitrogens with zero attached hydrogens (tertiary/aromatic N) is 6. The van der Waals surface area contributed by atoms with Crippen LogP contribution in [0.4, 0.5) is 5.69 Å². The van der Waals surface area contributed by atoms with Crippen molar-refractivity contribution in [3.63, 3.8) is 0 Å². The summed E-state index contributed by atoms with van der Waals surface area (Å²) in [5, 5.41) is 6.71. The monoisotopic (exact) mass is 582 g/mol. The van der Waals surface area contributed by atoms with Crippen LogP contribution in [-0.4, -0.2) is 63.3 Å². The molecule has 3 aromatic heterocycles. The molecule has 0 spiro atoms. The fourth-order valence-electron chi connectivity index (χ4n) is 5.76. The number of carbonyl (C=O) groups is 1. The van der Waals surface area contributed by atoms with E-state index in [0.29, 0.717) is 53.8 Å². The second-order valence-electron chi connectivity index (χ2n) is 10.8. The summed E-state index contributed by atoms with van der Waals surface area (Å²) < 4.78 is 8.98. The molecular formula is C32H34N6O3S. The van der Waals surface area contributed by atoms with Crippen LogP contribution in [0.25, 0.3) is 21.9 Å². The number of aromatic nitrogens is 4. The Hall–Kier alpha value is -4.44. The zero-order valence-electron chi connectivity index (χ0n) is 24.5. The van der Waals surface area contributed by atoms with Gasteiger partial charge in [-0.15, -0.1) is 11.3 Å². The molecule has 1 amide bonds. The van der Waals surface area contributed by atoms with Crippen molar-refractivity contribution in [3.8, 4) is 22.7 Å². The molecule has 9 nitrogen and oxygen atoms in total. The largest absolute Gasteiger partial charge is 0.495 e. The van der Waals surface area contributed by atoms with Crippen LogP contribution in [0.5, 0.6) is 5.75 Å². The van der Waals surface area contributed by atoms with Gasteiger partial charge in [-0.05, 0) is 57.5 Å². The molecule has 4 heterocycles. The topological polar surface area (TPSA) is 85.0 Å². The zero-order chi connectivity index (χ0) is 29.5. The van der Waals surface area contributed by atoms with E-state index in [1.165, 1.54) is 16.9 Å². The fourth-order valence-corrected chi connectivity index (χ4v) is 6.69. The maximum absolute atomic E-state index is 14.0. The molecule has 0 aliphatic carbocycles. The lowest BCUT2D eigenvalue weighted by molar-refractivity contribution is -0.130. The number of thiazole rings is 1. The molecule has 6 rings (SSSR count). The second-order valence-corrected chi connectivity index (χ2v) is 11.6. The number of anilines is 1. The minimum atomic E-state index is -0.201. The van der Waals surface area contributed by atoms with Crippen molar-refractivity contribution in [1.82, 2.24) is 24.1 Å². The van der Waals surface area contributed by atoms with Crippen LogP contribution in [0, 0.1) is 27.7 Å². The summed E-state index contributed by atoms with van der Waals surface area (Å²) in [6.07, 6.45) is 0.134. The number of hydrogen-bond acceptors (Lipinski definition) is 7. The summed E-state index contributed by atoms with van der Waals surface area (Å²) in [4.78, 5) is 36.8. The third kappa shape index (κ3) is 4.96. The van der Waals surface area contributed by atoms with E-state index in [2.05, 4.69) is 30.9 Å². The quantitative estimate of drug-likeness (QED) is 0.288. The molecule has 0 bridgehead atoms. The lowest BCUT2D eigenvalue weighted by Crippen LogP contribution is -2.49. The molecule has 1 saturated heterocycles. The number of amides is 1. The number of methoxy groups -OCH3 is 1. The Morgan fingerprint density at radius 2 is 1.74 bits per heavy atom. The number of hydrogen-bond donors (Lipinski definition) is 0. The van der Waals surface area contributed by atoms with E-state index in [9.17, 15) is 9.59 Å². The van der Waals surface area contributed by atoms with Crippen LogP contribution in [0.3, 0.4) is 0 Å². The van der Waals surface area contributed by atoms with Crippen molar-refractivity contribution >= 4 is 27.9 Å². The van der Waals surface area contributed by atoms with Crippen molar-refractivity contribution in [2.45, 2.75) is 34.1 Å². The van der Waals surface area contributed by atoms with E-state index >= 15 is 0 Å². The summed E-state index contributed by atoms with van der Waals surface area (Å²) in [5.41, 5.74) is 7.33. The molecule has 2 aromatic carbocycles. The van der Waals surface area contributed by atoms with Crippen molar-refractivity contribution in [2.75, 3.05) is 38.2 Å². The summed E-state index contributed by atoms with van der Waals surface area (Å²) in [7, 11) is 1.67. The summed E-state index contributed by atoms with van der Waals surface area (Å²) in [6, 6.07) is 16.1. The molecular weight excluding hydrogens is 548 g/mol. The van der Waals surface area contributed by atoms with Crippen LogP contribution in [0.2, 0.25) is 0 Å². The Morgan fingerprint density at radius 1 is 0.976 bits per heavy atom. The highest BCUT2D eigenvalue weighted by molar-refractivity contribution is 7.15. The van der Waals surface area contributed by atoms with Crippen LogP contribution < -0.4 is 15.2 Å².